The van der Waals surface area contributed by atoms with Crippen LogP contribution in [0.15, 0.2) is 84.1 Å². The molecule has 0 radical (unpaired) electrons. The van der Waals surface area contributed by atoms with Crippen LogP contribution in [0.1, 0.15) is 25.5 Å². The van der Waals surface area contributed by atoms with Gasteiger partial charge in [0.05, 0.1) is 26.4 Å². The fourth-order valence-electron chi connectivity index (χ4n) is 4.48. The Hall–Kier alpha value is -4.79. The summed E-state index contributed by atoms with van der Waals surface area (Å²) in [7, 11) is 3.18. The van der Waals surface area contributed by atoms with E-state index < -0.39 is 6.04 Å². The highest BCUT2D eigenvalue weighted by molar-refractivity contribution is 6.06. The molecule has 9 nitrogen and oxygen atoms in total. The molecule has 3 aromatic carbocycles. The zero-order valence-electron chi connectivity index (χ0n) is 21.7. The lowest BCUT2D eigenvalue weighted by molar-refractivity contribution is -0.113. The van der Waals surface area contributed by atoms with Crippen molar-refractivity contribution < 1.29 is 19.0 Å². The van der Waals surface area contributed by atoms with Crippen LogP contribution in [0, 0.1) is 0 Å². The molecular formula is C29H29N5O4. The molecule has 2 N–H and O–H groups in total. The number of benzene rings is 3. The van der Waals surface area contributed by atoms with Gasteiger partial charge < -0.3 is 24.8 Å². The third kappa shape index (κ3) is 4.78. The minimum atomic E-state index is -0.521. The number of hydrogen-bond donors (Lipinski definition) is 2. The normalized spacial score (nSPS) is 14.4. The Morgan fingerprint density at radius 1 is 1.00 bits per heavy atom. The second-order valence-corrected chi connectivity index (χ2v) is 8.66. The van der Waals surface area contributed by atoms with Gasteiger partial charge in [-0.2, -0.15) is 4.98 Å². The minimum Gasteiger partial charge on any atom is -0.494 e. The van der Waals surface area contributed by atoms with Crippen LogP contribution in [0.5, 0.6) is 17.2 Å². The Morgan fingerprint density at radius 3 is 2.42 bits per heavy atom. The molecule has 1 atom stereocenters. The largest absolute Gasteiger partial charge is 0.494 e. The van der Waals surface area contributed by atoms with Gasteiger partial charge in [-0.1, -0.05) is 30.3 Å². The number of amides is 1. The standard InChI is InChI=1S/C29H29N5O4/c1-5-38-22-14-11-19(12-15-22)26-25(28(35)31-21-9-7-6-8-10-21)18(2)30-29-32-27(33-34(26)29)20-13-16-23(36-3)24(17-20)37-4/h6-17,26H,5H2,1-4H3,(H,31,35)(H,30,32,33). The summed E-state index contributed by atoms with van der Waals surface area (Å²) in [6.45, 7) is 4.38. The molecule has 0 bridgehead atoms. The molecule has 9 heteroatoms. The number of ether oxygens (including phenoxy) is 3. The van der Waals surface area contributed by atoms with Crippen LogP contribution < -0.4 is 24.8 Å². The van der Waals surface area contributed by atoms with Gasteiger partial charge in [-0.05, 0) is 61.9 Å². The molecule has 38 heavy (non-hydrogen) atoms. The lowest BCUT2D eigenvalue weighted by Gasteiger charge is -2.28. The van der Waals surface area contributed by atoms with E-state index in [4.69, 9.17) is 24.3 Å². The van der Waals surface area contributed by atoms with Crippen LogP contribution in [0.25, 0.3) is 11.4 Å². The second kappa shape index (κ2) is 10.7. The summed E-state index contributed by atoms with van der Waals surface area (Å²) in [4.78, 5) is 18.4. The Kier molecular flexibility index (Phi) is 6.99. The quantitative estimate of drug-likeness (QED) is 0.332. The number of methoxy groups -OCH3 is 2. The number of fused-ring (bicyclic) bond motifs is 1. The van der Waals surface area contributed by atoms with Gasteiger partial charge in [0.1, 0.15) is 11.8 Å². The molecule has 4 aromatic rings. The van der Waals surface area contributed by atoms with Crippen LogP contribution in [0.3, 0.4) is 0 Å². The average molecular weight is 512 g/mol. The van der Waals surface area contributed by atoms with Gasteiger partial charge in [-0.3, -0.25) is 4.79 Å². The fraction of sp³-hybridized carbons (Fsp3) is 0.207. The third-order valence-corrected chi connectivity index (χ3v) is 6.28. The van der Waals surface area contributed by atoms with Crippen molar-refractivity contribution in [1.82, 2.24) is 14.8 Å². The number of anilines is 2. The Labute approximate surface area is 221 Å². The van der Waals surface area contributed by atoms with Crippen LogP contribution in [0.2, 0.25) is 0 Å². The Bertz CT molecular complexity index is 1480. The van der Waals surface area contributed by atoms with E-state index in [1.807, 2.05) is 86.6 Å². The first kappa shape index (κ1) is 24.9. The van der Waals surface area contributed by atoms with Crippen LogP contribution in [-0.2, 0) is 4.79 Å². The maximum absolute atomic E-state index is 13.6. The van der Waals surface area contributed by atoms with Crippen molar-refractivity contribution in [2.75, 3.05) is 31.5 Å². The molecule has 0 saturated heterocycles. The predicted molar refractivity (Wildman–Crippen MR) is 146 cm³/mol. The Morgan fingerprint density at radius 2 is 1.74 bits per heavy atom. The minimum absolute atomic E-state index is 0.228. The lowest BCUT2D eigenvalue weighted by Crippen LogP contribution is -2.31. The molecule has 1 unspecified atom stereocenters. The first-order valence-electron chi connectivity index (χ1n) is 12.3. The van der Waals surface area contributed by atoms with E-state index in [2.05, 4.69) is 10.6 Å². The van der Waals surface area contributed by atoms with Gasteiger partial charge >= 0.3 is 0 Å². The summed E-state index contributed by atoms with van der Waals surface area (Å²) in [5.41, 5.74) is 3.56. The van der Waals surface area contributed by atoms with E-state index in [9.17, 15) is 4.79 Å². The molecule has 1 aromatic heterocycles. The van der Waals surface area contributed by atoms with E-state index in [-0.39, 0.29) is 5.91 Å². The highest BCUT2D eigenvalue weighted by Crippen LogP contribution is 2.38. The highest BCUT2D eigenvalue weighted by Gasteiger charge is 2.34. The molecule has 1 amide bonds. The third-order valence-electron chi connectivity index (χ3n) is 6.28. The lowest BCUT2D eigenvalue weighted by atomic mass is 9.95. The Balaban J connectivity index is 1.58. The number of para-hydroxylation sites is 1. The van der Waals surface area contributed by atoms with E-state index in [0.29, 0.717) is 46.8 Å². The zero-order chi connectivity index (χ0) is 26.6. The maximum Gasteiger partial charge on any atom is 0.255 e. The molecule has 1 aliphatic rings. The smallest absolute Gasteiger partial charge is 0.255 e. The molecule has 5 rings (SSSR count). The van der Waals surface area contributed by atoms with Crippen molar-refractivity contribution in [3.8, 4) is 28.6 Å². The van der Waals surface area contributed by atoms with Crippen LogP contribution >= 0.6 is 0 Å². The van der Waals surface area contributed by atoms with Crippen molar-refractivity contribution in [2.24, 2.45) is 0 Å². The number of allylic oxidation sites excluding steroid dienone is 1. The number of carbonyl (C=O) groups excluding carboxylic acids is 1. The number of aromatic nitrogens is 3. The maximum atomic E-state index is 13.6. The summed E-state index contributed by atoms with van der Waals surface area (Å²) in [6.07, 6.45) is 0. The molecule has 0 fully saturated rings. The van der Waals surface area contributed by atoms with Crippen molar-refractivity contribution >= 4 is 17.5 Å². The molecule has 0 saturated carbocycles. The van der Waals surface area contributed by atoms with E-state index in [1.54, 1.807) is 18.9 Å². The average Bonchev–Trinajstić information content (AvgIpc) is 3.36. The summed E-state index contributed by atoms with van der Waals surface area (Å²) in [5, 5.41) is 11.1. The number of nitrogens with one attached hydrogen (secondary N) is 2. The fourth-order valence-corrected chi connectivity index (χ4v) is 4.48. The first-order chi connectivity index (χ1) is 18.5. The zero-order valence-corrected chi connectivity index (χ0v) is 21.7. The first-order valence-corrected chi connectivity index (χ1v) is 12.3. The van der Waals surface area contributed by atoms with E-state index >= 15 is 0 Å². The van der Waals surface area contributed by atoms with E-state index in [0.717, 1.165) is 16.9 Å². The van der Waals surface area contributed by atoms with Crippen molar-refractivity contribution in [3.63, 3.8) is 0 Å². The van der Waals surface area contributed by atoms with Gasteiger partial charge in [0.25, 0.3) is 5.91 Å². The molecule has 1 aliphatic heterocycles. The molecular weight excluding hydrogens is 482 g/mol. The van der Waals surface area contributed by atoms with Crippen molar-refractivity contribution in [2.45, 2.75) is 19.9 Å². The highest BCUT2D eigenvalue weighted by atomic mass is 16.5. The van der Waals surface area contributed by atoms with E-state index in [1.165, 1.54) is 0 Å². The monoisotopic (exact) mass is 511 g/mol. The molecule has 194 valence electrons. The van der Waals surface area contributed by atoms with Gasteiger partial charge in [-0.25, -0.2) is 4.68 Å². The topological polar surface area (TPSA) is 99.5 Å². The summed E-state index contributed by atoms with van der Waals surface area (Å²) >= 11 is 0. The van der Waals surface area contributed by atoms with Gasteiger partial charge in [-0.15, -0.1) is 5.10 Å². The second-order valence-electron chi connectivity index (χ2n) is 8.66. The van der Waals surface area contributed by atoms with Crippen LogP contribution in [-0.4, -0.2) is 41.5 Å². The number of nitrogens with zero attached hydrogens (tertiary/aromatic N) is 3. The molecule has 0 aliphatic carbocycles. The summed E-state index contributed by atoms with van der Waals surface area (Å²) < 4.78 is 18.2. The SMILES string of the molecule is CCOc1ccc(C2C(C(=O)Nc3ccccc3)=C(C)Nc3nc(-c4ccc(OC)c(OC)c4)nn32)cc1. The van der Waals surface area contributed by atoms with Gasteiger partial charge in [0, 0.05) is 16.9 Å². The number of carbonyl (C=O) groups is 1. The summed E-state index contributed by atoms with van der Waals surface area (Å²) in [6, 6.07) is 22.1. The molecule has 2 heterocycles. The van der Waals surface area contributed by atoms with Crippen LogP contribution in [0.4, 0.5) is 11.6 Å². The molecule has 0 spiro atoms. The number of rotatable bonds is 8. The van der Waals surface area contributed by atoms with Crippen molar-refractivity contribution in [3.05, 3.63) is 89.6 Å². The van der Waals surface area contributed by atoms with Gasteiger partial charge in [0.2, 0.25) is 5.95 Å². The summed E-state index contributed by atoms with van der Waals surface area (Å²) in [5.74, 6) is 2.73. The van der Waals surface area contributed by atoms with Gasteiger partial charge in [0.15, 0.2) is 17.3 Å². The van der Waals surface area contributed by atoms with Crippen molar-refractivity contribution in [1.29, 1.82) is 0 Å². The predicted octanol–water partition coefficient (Wildman–Crippen LogP) is 5.29. The number of hydrogen-bond acceptors (Lipinski definition) is 7.